The van der Waals surface area contributed by atoms with Gasteiger partial charge in [-0.3, -0.25) is 10.1 Å². The summed E-state index contributed by atoms with van der Waals surface area (Å²) in [7, 11) is 0. The lowest BCUT2D eigenvalue weighted by Gasteiger charge is -2.15. The number of halogens is 2. The molecule has 1 aliphatic rings. The van der Waals surface area contributed by atoms with Crippen molar-refractivity contribution < 1.29 is 4.92 Å². The van der Waals surface area contributed by atoms with E-state index in [0.29, 0.717) is 17.0 Å². The zero-order valence-electron chi connectivity index (χ0n) is 11.1. The smallest absolute Gasteiger partial charge is 0.258 e. The van der Waals surface area contributed by atoms with Crippen LogP contribution in [0.15, 0.2) is 42.5 Å². The predicted octanol–water partition coefficient (Wildman–Crippen LogP) is 4.94. The minimum Gasteiger partial charge on any atom is -0.258 e. The van der Waals surface area contributed by atoms with Crippen molar-refractivity contribution in [3.05, 3.63) is 74.3 Å². The Bertz CT molecular complexity index is 702. The first-order chi connectivity index (χ1) is 10.1. The van der Waals surface area contributed by atoms with Crippen molar-refractivity contribution in [2.45, 2.75) is 18.2 Å². The van der Waals surface area contributed by atoms with Crippen LogP contribution in [-0.2, 0) is 12.8 Å². The number of hydrogen-bond donors (Lipinski definition) is 0. The molecule has 0 fully saturated rings. The van der Waals surface area contributed by atoms with Crippen LogP contribution in [0.2, 0.25) is 5.02 Å². The van der Waals surface area contributed by atoms with Crippen molar-refractivity contribution in [2.75, 3.05) is 0 Å². The Morgan fingerprint density at radius 2 is 1.95 bits per heavy atom. The van der Waals surface area contributed by atoms with Gasteiger partial charge in [0.15, 0.2) is 0 Å². The fourth-order valence-corrected chi connectivity index (χ4v) is 3.62. The molecule has 0 bridgehead atoms. The van der Waals surface area contributed by atoms with Crippen LogP contribution in [-0.4, -0.2) is 4.92 Å². The van der Waals surface area contributed by atoms with Gasteiger partial charge in [0.1, 0.15) is 0 Å². The van der Waals surface area contributed by atoms with E-state index >= 15 is 0 Å². The van der Waals surface area contributed by atoms with Crippen LogP contribution in [0.3, 0.4) is 0 Å². The number of benzene rings is 2. The number of hydrogen-bond acceptors (Lipinski definition) is 2. The van der Waals surface area contributed by atoms with Gasteiger partial charge in [0, 0.05) is 11.6 Å². The molecular formula is C16H13Cl2NO2. The monoisotopic (exact) mass is 321 g/mol. The lowest BCUT2D eigenvalue weighted by Crippen LogP contribution is -2.09. The number of alkyl halides is 1. The first-order valence-electron chi connectivity index (χ1n) is 6.71. The van der Waals surface area contributed by atoms with Crippen molar-refractivity contribution in [1.82, 2.24) is 0 Å². The largest absolute Gasteiger partial charge is 0.274 e. The van der Waals surface area contributed by atoms with Gasteiger partial charge in [-0.2, -0.15) is 0 Å². The second kappa shape index (κ2) is 5.66. The zero-order chi connectivity index (χ0) is 15.0. The minimum atomic E-state index is -0.382. The molecule has 3 rings (SSSR count). The summed E-state index contributed by atoms with van der Waals surface area (Å²) < 4.78 is 0. The average molecular weight is 322 g/mol. The van der Waals surface area contributed by atoms with E-state index < -0.39 is 0 Å². The highest BCUT2D eigenvalue weighted by Crippen LogP contribution is 2.44. The molecule has 0 amide bonds. The summed E-state index contributed by atoms with van der Waals surface area (Å²) in [6, 6.07) is 12.8. The molecule has 0 heterocycles. The fraction of sp³-hybridized carbons (Fsp3) is 0.250. The number of rotatable bonds is 3. The van der Waals surface area contributed by atoms with Gasteiger partial charge in [0.05, 0.1) is 15.3 Å². The molecular weight excluding hydrogens is 309 g/mol. The Hall–Kier alpha value is -1.58. The van der Waals surface area contributed by atoms with Crippen LogP contribution in [0.25, 0.3) is 0 Å². The number of nitro benzene ring substituents is 1. The molecule has 0 spiro atoms. The molecule has 108 valence electrons. The van der Waals surface area contributed by atoms with E-state index in [1.54, 1.807) is 12.1 Å². The Kier molecular flexibility index (Phi) is 3.87. The summed E-state index contributed by atoms with van der Waals surface area (Å²) >= 11 is 12.7. The minimum absolute atomic E-state index is 0.0716. The first kappa shape index (κ1) is 14.4. The summed E-state index contributed by atoms with van der Waals surface area (Å²) in [4.78, 5) is 10.8. The average Bonchev–Trinajstić information content (AvgIpc) is 2.78. The number of nitrogens with zero attached hydrogens (tertiary/aromatic N) is 1. The van der Waals surface area contributed by atoms with Crippen molar-refractivity contribution in [3.63, 3.8) is 0 Å². The molecule has 0 N–H and O–H groups in total. The maximum absolute atomic E-state index is 11.2. The molecule has 0 radical (unpaired) electrons. The third-order valence-electron chi connectivity index (χ3n) is 4.01. The van der Waals surface area contributed by atoms with E-state index in [0.717, 1.165) is 12.0 Å². The second-order valence-corrected chi connectivity index (χ2v) is 6.14. The maximum atomic E-state index is 11.2. The first-order valence-corrected chi connectivity index (χ1v) is 7.53. The summed E-state index contributed by atoms with van der Waals surface area (Å²) in [5.41, 5.74) is 2.99. The van der Waals surface area contributed by atoms with Gasteiger partial charge in [-0.1, -0.05) is 41.9 Å². The molecule has 0 saturated carbocycles. The molecule has 0 aromatic heterocycles. The molecule has 0 saturated heterocycles. The number of fused-ring (bicyclic) bond motifs is 1. The third kappa shape index (κ3) is 2.63. The van der Waals surface area contributed by atoms with Crippen LogP contribution < -0.4 is 0 Å². The van der Waals surface area contributed by atoms with E-state index in [9.17, 15) is 10.1 Å². The number of nitro groups is 1. The van der Waals surface area contributed by atoms with Crippen LogP contribution in [0.5, 0.6) is 0 Å². The van der Waals surface area contributed by atoms with Crippen molar-refractivity contribution >= 4 is 28.9 Å². The summed E-state index contributed by atoms with van der Waals surface area (Å²) in [6.07, 6.45) is 1.34. The SMILES string of the molecule is O=[N+]([O-])c1cccc(Cl)c1CC1Cc2ccccc2C1Cl. The molecule has 2 unspecified atom stereocenters. The maximum Gasteiger partial charge on any atom is 0.274 e. The standard InChI is InChI=1S/C16H13Cl2NO2/c17-14-6-3-7-15(19(20)21)13(14)9-11-8-10-4-1-2-5-12(10)16(11)18/h1-7,11,16H,8-9H2. The van der Waals surface area contributed by atoms with Gasteiger partial charge in [0.25, 0.3) is 5.69 Å². The van der Waals surface area contributed by atoms with Gasteiger partial charge < -0.3 is 0 Å². The molecule has 2 aromatic rings. The second-order valence-electron chi connectivity index (χ2n) is 5.26. The van der Waals surface area contributed by atoms with Crippen LogP contribution in [0.1, 0.15) is 22.1 Å². The molecule has 5 heteroatoms. The third-order valence-corrected chi connectivity index (χ3v) is 4.95. The Morgan fingerprint density at radius 3 is 2.67 bits per heavy atom. The lowest BCUT2D eigenvalue weighted by molar-refractivity contribution is -0.385. The summed E-state index contributed by atoms with van der Waals surface area (Å²) in [5, 5.41) is 11.5. The van der Waals surface area contributed by atoms with Gasteiger partial charge in [0.2, 0.25) is 0 Å². The Morgan fingerprint density at radius 1 is 1.19 bits per heavy atom. The van der Waals surface area contributed by atoms with Crippen LogP contribution >= 0.6 is 23.2 Å². The molecule has 1 aliphatic carbocycles. The van der Waals surface area contributed by atoms with Gasteiger partial charge >= 0.3 is 0 Å². The topological polar surface area (TPSA) is 43.1 Å². The van der Waals surface area contributed by atoms with Crippen molar-refractivity contribution in [1.29, 1.82) is 0 Å². The Labute approximate surface area is 132 Å². The van der Waals surface area contributed by atoms with Crippen molar-refractivity contribution in [2.24, 2.45) is 5.92 Å². The van der Waals surface area contributed by atoms with Crippen LogP contribution in [0.4, 0.5) is 5.69 Å². The lowest BCUT2D eigenvalue weighted by atomic mass is 9.95. The van der Waals surface area contributed by atoms with Gasteiger partial charge in [-0.25, -0.2) is 0 Å². The Balaban J connectivity index is 1.91. The van der Waals surface area contributed by atoms with Gasteiger partial charge in [-0.15, -0.1) is 11.6 Å². The summed E-state index contributed by atoms with van der Waals surface area (Å²) in [5.74, 6) is 0.127. The molecule has 0 aliphatic heterocycles. The van der Waals surface area contributed by atoms with Crippen molar-refractivity contribution in [3.8, 4) is 0 Å². The van der Waals surface area contributed by atoms with E-state index in [-0.39, 0.29) is 21.9 Å². The van der Waals surface area contributed by atoms with Crippen LogP contribution in [0, 0.1) is 16.0 Å². The zero-order valence-corrected chi connectivity index (χ0v) is 12.6. The van der Waals surface area contributed by atoms with E-state index in [1.807, 2.05) is 18.2 Å². The molecule has 21 heavy (non-hydrogen) atoms. The highest BCUT2D eigenvalue weighted by Gasteiger charge is 2.32. The van der Waals surface area contributed by atoms with E-state index in [1.165, 1.54) is 11.6 Å². The van der Waals surface area contributed by atoms with Gasteiger partial charge in [-0.05, 0) is 36.0 Å². The summed E-state index contributed by atoms with van der Waals surface area (Å²) in [6.45, 7) is 0. The molecule has 3 nitrogen and oxygen atoms in total. The predicted molar refractivity (Wildman–Crippen MR) is 84.0 cm³/mol. The highest BCUT2D eigenvalue weighted by atomic mass is 35.5. The normalized spacial score (nSPS) is 20.3. The molecule has 2 atom stereocenters. The molecule has 2 aromatic carbocycles. The fourth-order valence-electron chi connectivity index (χ4n) is 2.99. The van der Waals surface area contributed by atoms with E-state index in [4.69, 9.17) is 23.2 Å². The highest BCUT2D eigenvalue weighted by molar-refractivity contribution is 6.31. The van der Waals surface area contributed by atoms with E-state index in [2.05, 4.69) is 6.07 Å². The quantitative estimate of drug-likeness (QED) is 0.456.